The molecule has 4 rings (SSSR count). The Bertz CT molecular complexity index is 1020. The SMILES string of the molecule is O=C(NCC#CCN1CCc2ccccc2C1)c1cccc2ccccc12. The second kappa shape index (κ2) is 8.07. The van der Waals surface area contributed by atoms with E-state index in [4.69, 9.17) is 0 Å². The molecule has 3 nitrogen and oxygen atoms in total. The Hall–Kier alpha value is -3.09. The highest BCUT2D eigenvalue weighted by atomic mass is 16.1. The van der Waals surface area contributed by atoms with Crippen LogP contribution >= 0.6 is 0 Å². The van der Waals surface area contributed by atoms with Crippen molar-refractivity contribution in [3.05, 3.63) is 83.4 Å². The van der Waals surface area contributed by atoms with Crippen molar-refractivity contribution in [1.29, 1.82) is 0 Å². The molecule has 3 aromatic rings. The molecule has 0 saturated carbocycles. The lowest BCUT2D eigenvalue weighted by Crippen LogP contribution is -2.31. The zero-order chi connectivity index (χ0) is 18.5. The summed E-state index contributed by atoms with van der Waals surface area (Å²) in [5.74, 6) is 6.20. The fraction of sp³-hybridized carbons (Fsp3) is 0.208. The first-order valence-electron chi connectivity index (χ1n) is 9.32. The highest BCUT2D eigenvalue weighted by Crippen LogP contribution is 2.19. The maximum atomic E-state index is 12.5. The van der Waals surface area contributed by atoms with Gasteiger partial charge in [0.15, 0.2) is 0 Å². The van der Waals surface area contributed by atoms with E-state index in [1.54, 1.807) is 0 Å². The van der Waals surface area contributed by atoms with E-state index >= 15 is 0 Å². The lowest BCUT2D eigenvalue weighted by molar-refractivity contribution is 0.0960. The first-order valence-corrected chi connectivity index (χ1v) is 9.32. The number of hydrogen-bond donors (Lipinski definition) is 1. The molecule has 27 heavy (non-hydrogen) atoms. The summed E-state index contributed by atoms with van der Waals surface area (Å²) in [5.41, 5.74) is 3.54. The summed E-state index contributed by atoms with van der Waals surface area (Å²) in [4.78, 5) is 14.8. The molecule has 0 unspecified atom stereocenters. The molecule has 3 heteroatoms. The van der Waals surface area contributed by atoms with Gasteiger partial charge in [-0.25, -0.2) is 0 Å². The minimum atomic E-state index is -0.0759. The molecule has 0 atom stereocenters. The molecule has 0 fully saturated rings. The average molecular weight is 354 g/mol. The molecular weight excluding hydrogens is 332 g/mol. The molecule has 1 heterocycles. The lowest BCUT2D eigenvalue weighted by Gasteiger charge is -2.26. The van der Waals surface area contributed by atoms with E-state index in [0.717, 1.165) is 36.8 Å². The van der Waals surface area contributed by atoms with Crippen molar-refractivity contribution in [1.82, 2.24) is 10.2 Å². The minimum absolute atomic E-state index is 0.0759. The van der Waals surface area contributed by atoms with E-state index < -0.39 is 0 Å². The summed E-state index contributed by atoms with van der Waals surface area (Å²) in [7, 11) is 0. The van der Waals surface area contributed by atoms with Crippen LogP contribution in [0.5, 0.6) is 0 Å². The Morgan fingerprint density at radius 3 is 2.63 bits per heavy atom. The van der Waals surface area contributed by atoms with E-state index in [2.05, 4.69) is 46.3 Å². The standard InChI is InChI=1S/C24H22N2O/c27-24(23-13-7-11-20-9-3-4-12-22(20)23)25-15-5-6-16-26-17-14-19-8-1-2-10-21(19)18-26/h1-4,7-13H,14-18H2,(H,25,27). The fourth-order valence-electron chi connectivity index (χ4n) is 3.56. The van der Waals surface area contributed by atoms with E-state index in [-0.39, 0.29) is 5.91 Å². The summed E-state index contributed by atoms with van der Waals surface area (Å²) < 4.78 is 0. The Labute approximate surface area is 160 Å². The Morgan fingerprint density at radius 2 is 1.70 bits per heavy atom. The van der Waals surface area contributed by atoms with Crippen molar-refractivity contribution in [2.24, 2.45) is 0 Å². The summed E-state index contributed by atoms with van der Waals surface area (Å²) in [6.07, 6.45) is 1.08. The number of benzene rings is 3. The number of rotatable bonds is 3. The van der Waals surface area contributed by atoms with Crippen molar-refractivity contribution >= 4 is 16.7 Å². The molecule has 0 spiro atoms. The van der Waals surface area contributed by atoms with E-state index in [1.807, 2.05) is 42.5 Å². The first-order chi connectivity index (χ1) is 13.3. The number of amides is 1. The molecule has 0 aliphatic carbocycles. The third-order valence-electron chi connectivity index (χ3n) is 5.01. The zero-order valence-electron chi connectivity index (χ0n) is 15.2. The summed E-state index contributed by atoms with van der Waals surface area (Å²) in [6.45, 7) is 3.09. The fourth-order valence-corrected chi connectivity index (χ4v) is 3.56. The van der Waals surface area contributed by atoms with Crippen molar-refractivity contribution in [2.45, 2.75) is 13.0 Å². The van der Waals surface area contributed by atoms with Gasteiger partial charge in [-0.05, 0) is 34.4 Å². The van der Waals surface area contributed by atoms with Crippen molar-refractivity contribution in [3.8, 4) is 11.8 Å². The quantitative estimate of drug-likeness (QED) is 0.729. The Morgan fingerprint density at radius 1 is 0.926 bits per heavy atom. The van der Waals surface area contributed by atoms with Crippen LogP contribution in [0.15, 0.2) is 66.7 Å². The second-order valence-electron chi connectivity index (χ2n) is 6.79. The molecule has 1 aliphatic rings. The van der Waals surface area contributed by atoms with Gasteiger partial charge in [0.1, 0.15) is 0 Å². The Balaban J connectivity index is 1.31. The van der Waals surface area contributed by atoms with Gasteiger partial charge in [-0.3, -0.25) is 9.69 Å². The van der Waals surface area contributed by atoms with E-state index in [0.29, 0.717) is 12.1 Å². The van der Waals surface area contributed by atoms with Crippen LogP contribution in [0.25, 0.3) is 10.8 Å². The predicted octanol–water partition coefficient (Wildman–Crippen LogP) is 3.63. The number of nitrogens with zero attached hydrogens (tertiary/aromatic N) is 1. The molecule has 0 aromatic heterocycles. The van der Waals surface area contributed by atoms with Gasteiger partial charge in [0, 0.05) is 18.7 Å². The molecule has 0 radical (unpaired) electrons. The number of hydrogen-bond acceptors (Lipinski definition) is 2. The normalized spacial score (nSPS) is 13.5. The van der Waals surface area contributed by atoms with Gasteiger partial charge in [-0.15, -0.1) is 0 Å². The Kier molecular flexibility index (Phi) is 5.18. The van der Waals surface area contributed by atoms with Gasteiger partial charge in [0.25, 0.3) is 5.91 Å². The van der Waals surface area contributed by atoms with Gasteiger partial charge in [0.2, 0.25) is 0 Å². The molecule has 134 valence electrons. The molecule has 1 N–H and O–H groups in total. The van der Waals surface area contributed by atoms with Gasteiger partial charge >= 0.3 is 0 Å². The summed E-state index contributed by atoms with van der Waals surface area (Å²) >= 11 is 0. The van der Waals surface area contributed by atoms with Gasteiger partial charge in [0.05, 0.1) is 13.1 Å². The highest BCUT2D eigenvalue weighted by molar-refractivity contribution is 6.07. The summed E-state index contributed by atoms with van der Waals surface area (Å²) in [5, 5.41) is 4.95. The zero-order valence-corrected chi connectivity index (χ0v) is 15.2. The van der Waals surface area contributed by atoms with Crippen molar-refractivity contribution in [2.75, 3.05) is 19.6 Å². The molecular formula is C24H22N2O. The number of nitrogens with one attached hydrogen (secondary N) is 1. The van der Waals surface area contributed by atoms with Crippen LogP contribution in [0, 0.1) is 11.8 Å². The number of carbonyl (C=O) groups is 1. The lowest BCUT2D eigenvalue weighted by atomic mass is 10.0. The topological polar surface area (TPSA) is 32.3 Å². The second-order valence-corrected chi connectivity index (χ2v) is 6.79. The summed E-state index contributed by atoms with van der Waals surface area (Å²) in [6, 6.07) is 22.3. The van der Waals surface area contributed by atoms with Crippen LogP contribution in [0.4, 0.5) is 0 Å². The van der Waals surface area contributed by atoms with E-state index in [1.165, 1.54) is 11.1 Å². The van der Waals surface area contributed by atoms with Crippen LogP contribution in [0.1, 0.15) is 21.5 Å². The number of carbonyl (C=O) groups excluding carboxylic acids is 1. The third-order valence-corrected chi connectivity index (χ3v) is 5.01. The molecule has 0 bridgehead atoms. The van der Waals surface area contributed by atoms with Crippen molar-refractivity contribution < 1.29 is 4.79 Å². The van der Waals surface area contributed by atoms with Crippen LogP contribution in [0.3, 0.4) is 0 Å². The first kappa shape index (κ1) is 17.3. The maximum Gasteiger partial charge on any atom is 0.252 e. The van der Waals surface area contributed by atoms with Crippen LogP contribution in [0.2, 0.25) is 0 Å². The van der Waals surface area contributed by atoms with Gasteiger partial charge < -0.3 is 5.32 Å². The monoisotopic (exact) mass is 354 g/mol. The third kappa shape index (κ3) is 4.02. The maximum absolute atomic E-state index is 12.5. The minimum Gasteiger partial charge on any atom is -0.341 e. The van der Waals surface area contributed by atoms with Gasteiger partial charge in [-0.2, -0.15) is 0 Å². The molecule has 0 saturated heterocycles. The molecule has 1 aliphatic heterocycles. The van der Waals surface area contributed by atoms with E-state index in [9.17, 15) is 4.79 Å². The van der Waals surface area contributed by atoms with Crippen LogP contribution in [-0.4, -0.2) is 30.4 Å². The number of fused-ring (bicyclic) bond motifs is 2. The predicted molar refractivity (Wildman–Crippen MR) is 109 cm³/mol. The van der Waals surface area contributed by atoms with Crippen molar-refractivity contribution in [3.63, 3.8) is 0 Å². The average Bonchev–Trinajstić information content (AvgIpc) is 2.73. The smallest absolute Gasteiger partial charge is 0.252 e. The largest absolute Gasteiger partial charge is 0.341 e. The van der Waals surface area contributed by atoms with Crippen LogP contribution < -0.4 is 5.32 Å². The van der Waals surface area contributed by atoms with Gasteiger partial charge in [-0.1, -0.05) is 72.5 Å². The molecule has 1 amide bonds. The molecule has 3 aromatic carbocycles. The van der Waals surface area contributed by atoms with Crippen LogP contribution in [-0.2, 0) is 13.0 Å². The highest BCUT2D eigenvalue weighted by Gasteiger charge is 2.14.